The lowest BCUT2D eigenvalue weighted by Gasteiger charge is -2.31. The smallest absolute Gasteiger partial charge is 0.245 e. The van der Waals surface area contributed by atoms with Gasteiger partial charge in [-0.25, -0.2) is 4.98 Å². The monoisotopic (exact) mass is 406 g/mol. The first-order chi connectivity index (χ1) is 14.3. The number of aromatic nitrogens is 3. The van der Waals surface area contributed by atoms with E-state index in [0.29, 0.717) is 11.2 Å². The molecule has 0 bridgehead atoms. The Balaban J connectivity index is 1.27. The minimum atomic E-state index is 0.265. The molecule has 0 N–H and O–H groups in total. The third-order valence-corrected chi connectivity index (χ3v) is 6.84. The Hall–Kier alpha value is -2.80. The number of hydrogen-bond donors (Lipinski definition) is 0. The Morgan fingerprint density at radius 3 is 2.72 bits per heavy atom. The maximum atomic E-state index is 5.48. The van der Waals surface area contributed by atoms with Crippen LogP contribution in [0, 0.1) is 6.92 Å². The summed E-state index contributed by atoms with van der Waals surface area (Å²) in [5.74, 6) is 2.21. The number of hydrogen-bond acceptors (Lipinski definition) is 7. The van der Waals surface area contributed by atoms with Crippen molar-refractivity contribution in [2.75, 3.05) is 24.8 Å². The van der Waals surface area contributed by atoms with Gasteiger partial charge in [0.1, 0.15) is 0 Å². The molecule has 1 aromatic heterocycles. The van der Waals surface area contributed by atoms with E-state index in [4.69, 9.17) is 14.5 Å². The highest BCUT2D eigenvalue weighted by Crippen LogP contribution is 2.36. The summed E-state index contributed by atoms with van der Waals surface area (Å²) in [6.45, 7) is 4.33. The van der Waals surface area contributed by atoms with Crippen molar-refractivity contribution in [2.24, 2.45) is 0 Å². The van der Waals surface area contributed by atoms with E-state index >= 15 is 0 Å². The molecule has 3 heterocycles. The van der Waals surface area contributed by atoms with Gasteiger partial charge in [-0.15, -0.1) is 16.9 Å². The molecule has 7 heteroatoms. The molecule has 2 aromatic carbocycles. The topological polar surface area (TPSA) is 60.4 Å². The summed E-state index contributed by atoms with van der Waals surface area (Å²) in [7, 11) is 0. The number of thioether (sulfide) groups is 1. The van der Waals surface area contributed by atoms with Crippen LogP contribution in [0.2, 0.25) is 0 Å². The molecule has 2 aliphatic heterocycles. The largest absolute Gasteiger partial charge is 0.454 e. The molecular formula is C22H22N4O2S. The Bertz CT molecular complexity index is 1020. The molecule has 3 aromatic rings. The van der Waals surface area contributed by atoms with E-state index in [1.807, 2.05) is 30.0 Å². The van der Waals surface area contributed by atoms with Crippen molar-refractivity contribution in [3.05, 3.63) is 54.2 Å². The number of aryl methyl sites for hydroxylation is 1. The zero-order valence-corrected chi connectivity index (χ0v) is 17.1. The second-order valence-corrected chi connectivity index (χ2v) is 8.62. The molecule has 5 rings (SSSR count). The summed E-state index contributed by atoms with van der Waals surface area (Å²) in [6.07, 6.45) is 3.91. The quantitative estimate of drug-likeness (QED) is 0.639. The molecule has 0 unspecified atom stereocenters. The van der Waals surface area contributed by atoms with Crippen molar-refractivity contribution in [3.8, 4) is 22.8 Å². The van der Waals surface area contributed by atoms with E-state index in [2.05, 4.69) is 46.3 Å². The standard InChI is InChI=1S/C22H22N4O2S/c1-15-4-2-3-5-21(15)29-17-8-10-26(11-9-17)22-24-18(13-23-25-22)16-6-7-19-20(12-16)28-14-27-19/h2-7,12-13,17H,8-11,14H2,1H3. The van der Waals surface area contributed by atoms with E-state index in [9.17, 15) is 0 Å². The van der Waals surface area contributed by atoms with Gasteiger partial charge in [-0.2, -0.15) is 5.10 Å². The predicted molar refractivity (Wildman–Crippen MR) is 114 cm³/mol. The lowest BCUT2D eigenvalue weighted by atomic mass is 10.1. The summed E-state index contributed by atoms with van der Waals surface area (Å²) in [5, 5.41) is 9.11. The first kappa shape index (κ1) is 18.2. The SMILES string of the molecule is Cc1ccccc1SC1CCN(c2nncc(-c3ccc4c(c3)OCO4)n2)CC1. The van der Waals surface area contributed by atoms with Gasteiger partial charge in [-0.1, -0.05) is 18.2 Å². The van der Waals surface area contributed by atoms with Crippen LogP contribution in [0.3, 0.4) is 0 Å². The van der Waals surface area contributed by atoms with Crippen LogP contribution in [-0.4, -0.2) is 40.3 Å². The summed E-state index contributed by atoms with van der Waals surface area (Å²) in [5.41, 5.74) is 3.10. The van der Waals surface area contributed by atoms with Crippen LogP contribution < -0.4 is 14.4 Å². The number of rotatable bonds is 4. The first-order valence-corrected chi connectivity index (χ1v) is 10.7. The van der Waals surface area contributed by atoms with Gasteiger partial charge in [0.15, 0.2) is 11.5 Å². The Morgan fingerprint density at radius 2 is 1.86 bits per heavy atom. The lowest BCUT2D eigenvalue weighted by molar-refractivity contribution is 0.174. The molecule has 0 aliphatic carbocycles. The van der Waals surface area contributed by atoms with Crippen LogP contribution in [0.15, 0.2) is 53.6 Å². The third-order valence-electron chi connectivity index (χ3n) is 5.33. The lowest BCUT2D eigenvalue weighted by Crippen LogP contribution is -2.36. The highest BCUT2D eigenvalue weighted by molar-refractivity contribution is 8.00. The van der Waals surface area contributed by atoms with Gasteiger partial charge in [0.2, 0.25) is 12.7 Å². The van der Waals surface area contributed by atoms with Crippen LogP contribution in [0.25, 0.3) is 11.3 Å². The fourth-order valence-corrected chi connectivity index (χ4v) is 4.88. The average Bonchev–Trinajstić information content (AvgIpc) is 3.24. The highest BCUT2D eigenvalue weighted by Gasteiger charge is 2.23. The number of ether oxygens (including phenoxy) is 2. The Kier molecular flexibility index (Phi) is 4.97. The van der Waals surface area contributed by atoms with Crippen molar-refractivity contribution >= 4 is 17.7 Å². The molecule has 148 valence electrons. The molecular weight excluding hydrogens is 384 g/mol. The average molecular weight is 407 g/mol. The minimum absolute atomic E-state index is 0.265. The molecule has 0 spiro atoms. The van der Waals surface area contributed by atoms with Crippen LogP contribution in [0.1, 0.15) is 18.4 Å². The minimum Gasteiger partial charge on any atom is -0.454 e. The molecule has 6 nitrogen and oxygen atoms in total. The maximum absolute atomic E-state index is 5.48. The van der Waals surface area contributed by atoms with E-state index in [1.54, 1.807) is 6.20 Å². The molecule has 2 aliphatic rings. The Morgan fingerprint density at radius 1 is 1.03 bits per heavy atom. The van der Waals surface area contributed by atoms with E-state index in [0.717, 1.165) is 48.7 Å². The van der Waals surface area contributed by atoms with E-state index in [-0.39, 0.29) is 6.79 Å². The zero-order valence-electron chi connectivity index (χ0n) is 16.2. The zero-order chi connectivity index (χ0) is 19.6. The van der Waals surface area contributed by atoms with Crippen molar-refractivity contribution in [2.45, 2.75) is 29.9 Å². The van der Waals surface area contributed by atoms with Gasteiger partial charge in [-0.05, 0) is 49.6 Å². The molecule has 1 fully saturated rings. The highest BCUT2D eigenvalue weighted by atomic mass is 32.2. The number of nitrogens with zero attached hydrogens (tertiary/aromatic N) is 4. The fourth-order valence-electron chi connectivity index (χ4n) is 3.66. The summed E-state index contributed by atoms with van der Waals surface area (Å²) >= 11 is 1.99. The molecule has 0 saturated carbocycles. The molecule has 0 atom stereocenters. The number of fused-ring (bicyclic) bond motifs is 1. The van der Waals surface area contributed by atoms with Crippen LogP contribution in [0.5, 0.6) is 11.5 Å². The van der Waals surface area contributed by atoms with E-state index < -0.39 is 0 Å². The van der Waals surface area contributed by atoms with Gasteiger partial charge >= 0.3 is 0 Å². The van der Waals surface area contributed by atoms with Crippen molar-refractivity contribution in [1.82, 2.24) is 15.2 Å². The molecule has 0 radical (unpaired) electrons. The van der Waals surface area contributed by atoms with Crippen LogP contribution in [-0.2, 0) is 0 Å². The van der Waals surface area contributed by atoms with Crippen molar-refractivity contribution in [3.63, 3.8) is 0 Å². The fraction of sp³-hybridized carbons (Fsp3) is 0.318. The van der Waals surface area contributed by atoms with Crippen LogP contribution >= 0.6 is 11.8 Å². The number of benzene rings is 2. The number of piperidine rings is 1. The van der Waals surface area contributed by atoms with Gasteiger partial charge in [-0.3, -0.25) is 0 Å². The van der Waals surface area contributed by atoms with E-state index in [1.165, 1.54) is 10.5 Å². The molecule has 1 saturated heterocycles. The second-order valence-electron chi connectivity index (χ2n) is 7.28. The summed E-state index contributed by atoms with van der Waals surface area (Å²) in [4.78, 5) is 8.38. The predicted octanol–water partition coefficient (Wildman–Crippen LogP) is 4.34. The number of anilines is 1. The van der Waals surface area contributed by atoms with Gasteiger partial charge < -0.3 is 14.4 Å². The first-order valence-electron chi connectivity index (χ1n) is 9.83. The normalized spacial score (nSPS) is 16.2. The third kappa shape index (κ3) is 3.87. The summed E-state index contributed by atoms with van der Waals surface area (Å²) < 4.78 is 10.9. The van der Waals surface area contributed by atoms with Crippen LogP contribution in [0.4, 0.5) is 5.95 Å². The molecule has 29 heavy (non-hydrogen) atoms. The van der Waals surface area contributed by atoms with Gasteiger partial charge in [0.25, 0.3) is 0 Å². The van der Waals surface area contributed by atoms with Gasteiger partial charge in [0, 0.05) is 28.8 Å². The van der Waals surface area contributed by atoms with Crippen molar-refractivity contribution in [1.29, 1.82) is 0 Å². The van der Waals surface area contributed by atoms with Gasteiger partial charge in [0.05, 0.1) is 11.9 Å². The maximum Gasteiger partial charge on any atom is 0.245 e. The second kappa shape index (κ2) is 7.91. The molecule has 0 amide bonds. The van der Waals surface area contributed by atoms with Crippen molar-refractivity contribution < 1.29 is 9.47 Å². The Labute approximate surface area is 174 Å². The summed E-state index contributed by atoms with van der Waals surface area (Å²) in [6, 6.07) is 14.4.